The smallest absolute Gasteiger partial charge is 0.325 e. The Bertz CT molecular complexity index is 314. The van der Waals surface area contributed by atoms with Crippen LogP contribution in [0.5, 0.6) is 0 Å². The standard InChI is InChI=1S/C8H11N3O3/c1-5(6(3-9)8(10)13)11-4-7(12)14-2/h11H,4H2,1-2H3,(H2,10,13)/b6-5-. The highest BCUT2D eigenvalue weighted by atomic mass is 16.5. The van der Waals surface area contributed by atoms with Gasteiger partial charge in [0.25, 0.3) is 5.91 Å². The van der Waals surface area contributed by atoms with Crippen LogP contribution in [0.25, 0.3) is 0 Å². The van der Waals surface area contributed by atoms with Crippen molar-refractivity contribution < 1.29 is 14.3 Å². The van der Waals surface area contributed by atoms with E-state index in [1.54, 1.807) is 6.07 Å². The predicted molar refractivity (Wildman–Crippen MR) is 47.5 cm³/mol. The Hall–Kier alpha value is -2.03. The molecule has 1 amide bonds. The summed E-state index contributed by atoms with van der Waals surface area (Å²) in [6, 6.07) is 1.63. The van der Waals surface area contributed by atoms with Gasteiger partial charge in [0.1, 0.15) is 18.2 Å². The van der Waals surface area contributed by atoms with Crippen molar-refractivity contribution in [3.8, 4) is 6.07 Å². The number of rotatable bonds is 4. The zero-order chi connectivity index (χ0) is 11.1. The van der Waals surface area contributed by atoms with Crippen LogP contribution in [0.1, 0.15) is 6.92 Å². The van der Waals surface area contributed by atoms with Gasteiger partial charge in [-0.05, 0) is 6.92 Å². The van der Waals surface area contributed by atoms with Crippen LogP contribution in [0, 0.1) is 11.3 Å². The number of hydrogen-bond acceptors (Lipinski definition) is 5. The predicted octanol–water partition coefficient (Wildman–Crippen LogP) is -0.968. The number of nitrogens with one attached hydrogen (secondary N) is 1. The van der Waals surface area contributed by atoms with Crippen LogP contribution in [-0.4, -0.2) is 25.5 Å². The molecule has 0 bridgehead atoms. The highest BCUT2D eigenvalue weighted by Crippen LogP contribution is 1.97. The fourth-order valence-corrected chi connectivity index (χ4v) is 0.689. The summed E-state index contributed by atoms with van der Waals surface area (Å²) < 4.78 is 4.35. The van der Waals surface area contributed by atoms with E-state index >= 15 is 0 Å². The second-order valence-electron chi connectivity index (χ2n) is 2.41. The molecule has 0 aliphatic heterocycles. The minimum absolute atomic E-state index is 0.110. The first-order valence-electron chi connectivity index (χ1n) is 3.74. The van der Waals surface area contributed by atoms with E-state index in [2.05, 4.69) is 10.1 Å². The van der Waals surface area contributed by atoms with Gasteiger partial charge in [-0.3, -0.25) is 9.59 Å². The van der Waals surface area contributed by atoms with Crippen molar-refractivity contribution in [2.45, 2.75) is 6.92 Å². The number of methoxy groups -OCH3 is 1. The molecular weight excluding hydrogens is 186 g/mol. The maximum atomic E-state index is 10.7. The molecule has 6 nitrogen and oxygen atoms in total. The van der Waals surface area contributed by atoms with Gasteiger partial charge in [-0.1, -0.05) is 0 Å². The van der Waals surface area contributed by atoms with E-state index in [0.717, 1.165) is 0 Å². The summed E-state index contributed by atoms with van der Waals surface area (Å²) in [7, 11) is 1.24. The molecule has 0 saturated heterocycles. The molecule has 14 heavy (non-hydrogen) atoms. The molecule has 0 atom stereocenters. The molecule has 0 heterocycles. The lowest BCUT2D eigenvalue weighted by Gasteiger charge is -2.05. The molecule has 0 rings (SSSR count). The van der Waals surface area contributed by atoms with Gasteiger partial charge < -0.3 is 15.8 Å². The Balaban J connectivity index is 4.44. The molecule has 0 aliphatic rings. The van der Waals surface area contributed by atoms with Crippen LogP contribution < -0.4 is 11.1 Å². The number of ether oxygens (including phenoxy) is 1. The van der Waals surface area contributed by atoms with Crippen molar-refractivity contribution in [1.82, 2.24) is 5.32 Å². The number of primary amides is 1. The van der Waals surface area contributed by atoms with E-state index in [4.69, 9.17) is 11.0 Å². The average Bonchev–Trinajstić information content (AvgIpc) is 2.14. The van der Waals surface area contributed by atoms with Crippen LogP contribution in [0.3, 0.4) is 0 Å². The number of amides is 1. The SMILES string of the molecule is COC(=O)CN/C(C)=C(/C#N)C(N)=O. The highest BCUT2D eigenvalue weighted by Gasteiger charge is 2.09. The van der Waals surface area contributed by atoms with Crippen molar-refractivity contribution in [3.63, 3.8) is 0 Å². The second kappa shape index (κ2) is 5.59. The average molecular weight is 197 g/mol. The van der Waals surface area contributed by atoms with Crippen LogP contribution in [0.4, 0.5) is 0 Å². The molecule has 0 unspecified atom stereocenters. The minimum atomic E-state index is -0.831. The van der Waals surface area contributed by atoms with Crippen molar-refractivity contribution in [2.75, 3.05) is 13.7 Å². The normalized spacial score (nSPS) is 10.9. The van der Waals surface area contributed by atoms with Gasteiger partial charge in [0, 0.05) is 5.70 Å². The highest BCUT2D eigenvalue weighted by molar-refractivity contribution is 5.96. The molecule has 0 saturated carbocycles. The van der Waals surface area contributed by atoms with Crippen molar-refractivity contribution in [2.24, 2.45) is 5.73 Å². The lowest BCUT2D eigenvalue weighted by atomic mass is 10.2. The van der Waals surface area contributed by atoms with Crippen LogP contribution >= 0.6 is 0 Å². The number of nitriles is 1. The number of nitrogens with two attached hydrogens (primary N) is 1. The molecule has 0 aromatic rings. The molecule has 0 spiro atoms. The summed E-state index contributed by atoms with van der Waals surface area (Å²) >= 11 is 0. The maximum Gasteiger partial charge on any atom is 0.325 e. The molecule has 0 aromatic heterocycles. The lowest BCUT2D eigenvalue weighted by Crippen LogP contribution is -2.26. The summed E-state index contributed by atoms with van der Waals surface area (Å²) in [6.07, 6.45) is 0. The third-order valence-electron chi connectivity index (χ3n) is 1.46. The van der Waals surface area contributed by atoms with Crippen LogP contribution in [-0.2, 0) is 14.3 Å². The molecule has 0 aliphatic carbocycles. The molecule has 0 aromatic carbocycles. The van der Waals surface area contributed by atoms with Gasteiger partial charge in [-0.15, -0.1) is 0 Å². The summed E-state index contributed by atoms with van der Waals surface area (Å²) in [5.74, 6) is -1.33. The van der Waals surface area contributed by atoms with E-state index in [0.29, 0.717) is 0 Å². The topological polar surface area (TPSA) is 105 Å². The van der Waals surface area contributed by atoms with E-state index in [1.807, 2.05) is 0 Å². The number of hydrogen-bond donors (Lipinski definition) is 2. The van der Waals surface area contributed by atoms with Crippen molar-refractivity contribution in [1.29, 1.82) is 5.26 Å². The summed E-state index contributed by atoms with van der Waals surface area (Å²) in [5.41, 5.74) is 4.97. The van der Waals surface area contributed by atoms with Gasteiger partial charge in [0.2, 0.25) is 0 Å². The number of nitrogens with zero attached hydrogens (tertiary/aromatic N) is 1. The Kier molecular flexibility index (Phi) is 4.78. The Morgan fingerprint density at radius 1 is 1.57 bits per heavy atom. The third-order valence-corrected chi connectivity index (χ3v) is 1.46. The molecule has 3 N–H and O–H groups in total. The van der Waals surface area contributed by atoms with Crippen LogP contribution in [0.15, 0.2) is 11.3 Å². The Morgan fingerprint density at radius 3 is 2.50 bits per heavy atom. The number of carbonyl (C=O) groups is 2. The molecule has 0 fully saturated rings. The van der Waals surface area contributed by atoms with E-state index in [1.165, 1.54) is 14.0 Å². The maximum absolute atomic E-state index is 10.7. The van der Waals surface area contributed by atoms with E-state index in [9.17, 15) is 9.59 Å². The third kappa shape index (κ3) is 3.58. The van der Waals surface area contributed by atoms with Crippen molar-refractivity contribution >= 4 is 11.9 Å². The monoisotopic (exact) mass is 197 g/mol. The molecule has 6 heteroatoms. The number of allylic oxidation sites excluding steroid dienone is 1. The van der Waals surface area contributed by atoms with E-state index < -0.39 is 11.9 Å². The van der Waals surface area contributed by atoms with Crippen LogP contribution in [0.2, 0.25) is 0 Å². The van der Waals surface area contributed by atoms with Gasteiger partial charge >= 0.3 is 5.97 Å². The zero-order valence-corrected chi connectivity index (χ0v) is 7.96. The quantitative estimate of drug-likeness (QED) is 0.343. The number of carbonyl (C=O) groups excluding carboxylic acids is 2. The Labute approximate surface area is 81.3 Å². The zero-order valence-electron chi connectivity index (χ0n) is 7.96. The largest absolute Gasteiger partial charge is 0.468 e. The number of esters is 1. The summed E-state index contributed by atoms with van der Waals surface area (Å²) in [4.78, 5) is 21.4. The Morgan fingerprint density at radius 2 is 2.14 bits per heavy atom. The minimum Gasteiger partial charge on any atom is -0.468 e. The van der Waals surface area contributed by atoms with Crippen molar-refractivity contribution in [3.05, 3.63) is 11.3 Å². The lowest BCUT2D eigenvalue weighted by molar-refractivity contribution is -0.139. The van der Waals surface area contributed by atoms with E-state index in [-0.39, 0.29) is 17.8 Å². The van der Waals surface area contributed by atoms with Gasteiger partial charge in [-0.2, -0.15) is 5.26 Å². The first-order valence-corrected chi connectivity index (χ1v) is 3.74. The molecule has 76 valence electrons. The first-order chi connectivity index (χ1) is 6.52. The fraction of sp³-hybridized carbons (Fsp3) is 0.375. The second-order valence-corrected chi connectivity index (χ2v) is 2.41. The fourth-order valence-electron chi connectivity index (χ4n) is 0.689. The van der Waals surface area contributed by atoms with Gasteiger partial charge in [0.15, 0.2) is 0 Å². The first kappa shape index (κ1) is 12.0. The molecule has 0 radical (unpaired) electrons. The summed E-state index contributed by atoms with van der Waals surface area (Å²) in [6.45, 7) is 1.37. The molecular formula is C8H11N3O3. The van der Waals surface area contributed by atoms with Gasteiger partial charge in [-0.25, -0.2) is 0 Å². The van der Waals surface area contributed by atoms with Gasteiger partial charge in [0.05, 0.1) is 7.11 Å². The summed E-state index contributed by atoms with van der Waals surface area (Å²) in [5, 5.41) is 11.1.